The highest BCUT2D eigenvalue weighted by Crippen LogP contribution is 2.26. The molecular weight excluding hydrogens is 204 g/mol. The van der Waals surface area contributed by atoms with E-state index in [1.54, 1.807) is 30.5 Å². The zero-order valence-corrected chi connectivity index (χ0v) is 8.42. The van der Waals surface area contributed by atoms with Gasteiger partial charge in [0, 0.05) is 23.3 Å². The van der Waals surface area contributed by atoms with Gasteiger partial charge in [0.15, 0.2) is 0 Å². The van der Waals surface area contributed by atoms with E-state index in [4.69, 9.17) is 0 Å². The summed E-state index contributed by atoms with van der Waals surface area (Å²) in [4.78, 5) is 14.3. The summed E-state index contributed by atoms with van der Waals surface area (Å²) in [6, 6.07) is 6.99. The summed E-state index contributed by atoms with van der Waals surface area (Å²) in [6.45, 7) is 0. The average Bonchev–Trinajstić information content (AvgIpc) is 2.32. The highest BCUT2D eigenvalue weighted by Gasteiger charge is 2.03. The lowest BCUT2D eigenvalue weighted by Crippen LogP contribution is -1.98. The van der Waals surface area contributed by atoms with Crippen molar-refractivity contribution in [3.63, 3.8) is 0 Å². The first-order valence-electron chi connectivity index (χ1n) is 4.76. The van der Waals surface area contributed by atoms with Gasteiger partial charge in [-0.25, -0.2) is 0 Å². The molecule has 0 unspecified atom stereocenters. The third-order valence-electron chi connectivity index (χ3n) is 2.22. The molecule has 1 aromatic heterocycles. The van der Waals surface area contributed by atoms with Gasteiger partial charge in [0.05, 0.1) is 5.52 Å². The molecule has 1 amide bonds. The molecule has 4 heteroatoms. The minimum Gasteiger partial charge on any atom is -0.507 e. The number of aromatic nitrogens is 1. The van der Waals surface area contributed by atoms with Crippen molar-refractivity contribution in [2.45, 2.75) is 0 Å². The van der Waals surface area contributed by atoms with Crippen LogP contribution >= 0.6 is 0 Å². The third kappa shape index (κ3) is 1.86. The molecule has 0 atom stereocenters. The number of pyridine rings is 1. The zero-order valence-electron chi connectivity index (χ0n) is 8.42. The number of nitrogens with zero attached hydrogens (tertiary/aromatic N) is 1. The van der Waals surface area contributed by atoms with E-state index in [9.17, 15) is 9.90 Å². The molecule has 1 heterocycles. The SMILES string of the molecule is O=CNC=Cc1c(O)ccc2ncccc12. The second-order valence-corrected chi connectivity index (χ2v) is 3.19. The Morgan fingerprint density at radius 2 is 2.19 bits per heavy atom. The van der Waals surface area contributed by atoms with E-state index in [0.29, 0.717) is 12.0 Å². The van der Waals surface area contributed by atoms with E-state index in [2.05, 4.69) is 10.3 Å². The maximum Gasteiger partial charge on any atom is 0.211 e. The van der Waals surface area contributed by atoms with E-state index < -0.39 is 0 Å². The Morgan fingerprint density at radius 3 is 3.00 bits per heavy atom. The zero-order chi connectivity index (χ0) is 11.4. The van der Waals surface area contributed by atoms with Crippen LogP contribution in [0.4, 0.5) is 0 Å². The summed E-state index contributed by atoms with van der Waals surface area (Å²) >= 11 is 0. The normalized spacial score (nSPS) is 10.8. The number of amides is 1. The largest absolute Gasteiger partial charge is 0.507 e. The molecule has 2 N–H and O–H groups in total. The molecule has 2 aromatic rings. The molecule has 2 rings (SSSR count). The first kappa shape index (κ1) is 10.2. The Kier molecular flexibility index (Phi) is 2.82. The van der Waals surface area contributed by atoms with Crippen LogP contribution in [0.5, 0.6) is 5.75 Å². The van der Waals surface area contributed by atoms with Gasteiger partial charge in [-0.05, 0) is 24.3 Å². The predicted molar refractivity (Wildman–Crippen MR) is 61.6 cm³/mol. The number of rotatable bonds is 3. The van der Waals surface area contributed by atoms with Crippen LogP contribution in [0, 0.1) is 0 Å². The molecule has 0 bridgehead atoms. The fourth-order valence-corrected chi connectivity index (χ4v) is 1.51. The van der Waals surface area contributed by atoms with Crippen LogP contribution < -0.4 is 5.32 Å². The summed E-state index contributed by atoms with van der Waals surface area (Å²) in [5.74, 6) is 0.157. The molecule has 0 radical (unpaired) electrons. The lowest BCUT2D eigenvalue weighted by Gasteiger charge is -2.03. The molecule has 16 heavy (non-hydrogen) atoms. The van der Waals surface area contributed by atoms with Gasteiger partial charge in [0.25, 0.3) is 0 Å². The molecule has 80 valence electrons. The van der Waals surface area contributed by atoms with Crippen molar-refractivity contribution >= 4 is 23.4 Å². The van der Waals surface area contributed by atoms with E-state index in [1.165, 1.54) is 6.20 Å². The van der Waals surface area contributed by atoms with Crippen LogP contribution in [0.25, 0.3) is 17.0 Å². The molecule has 0 saturated carbocycles. The number of carbonyl (C=O) groups is 1. The van der Waals surface area contributed by atoms with Crippen LogP contribution in [0.1, 0.15) is 5.56 Å². The number of carbonyl (C=O) groups excluding carboxylic acids is 1. The number of phenols is 1. The molecule has 0 aliphatic carbocycles. The second-order valence-electron chi connectivity index (χ2n) is 3.19. The number of benzene rings is 1. The molecular formula is C12H10N2O2. The van der Waals surface area contributed by atoms with Gasteiger partial charge >= 0.3 is 0 Å². The highest BCUT2D eigenvalue weighted by molar-refractivity contribution is 5.90. The summed E-state index contributed by atoms with van der Waals surface area (Å²) in [5.41, 5.74) is 1.44. The van der Waals surface area contributed by atoms with E-state index in [1.807, 2.05) is 6.07 Å². The van der Waals surface area contributed by atoms with Crippen molar-refractivity contribution in [3.8, 4) is 5.75 Å². The maximum absolute atomic E-state index is 10.1. The lowest BCUT2D eigenvalue weighted by atomic mass is 10.1. The van der Waals surface area contributed by atoms with Crippen LogP contribution in [0.15, 0.2) is 36.7 Å². The summed E-state index contributed by atoms with van der Waals surface area (Å²) in [6.07, 6.45) is 5.36. The Hall–Kier alpha value is -2.36. The molecule has 0 aliphatic heterocycles. The number of aromatic hydroxyl groups is 1. The van der Waals surface area contributed by atoms with E-state index in [-0.39, 0.29) is 5.75 Å². The smallest absolute Gasteiger partial charge is 0.211 e. The summed E-state index contributed by atoms with van der Waals surface area (Å²) < 4.78 is 0. The number of hydrogen-bond acceptors (Lipinski definition) is 3. The number of fused-ring (bicyclic) bond motifs is 1. The molecule has 0 fully saturated rings. The fraction of sp³-hybridized carbons (Fsp3) is 0. The Morgan fingerprint density at radius 1 is 1.31 bits per heavy atom. The van der Waals surface area contributed by atoms with E-state index >= 15 is 0 Å². The van der Waals surface area contributed by atoms with Gasteiger partial charge in [-0.1, -0.05) is 6.07 Å². The molecule has 0 spiro atoms. The molecule has 4 nitrogen and oxygen atoms in total. The first-order valence-corrected chi connectivity index (χ1v) is 4.76. The topological polar surface area (TPSA) is 62.2 Å². The van der Waals surface area contributed by atoms with Gasteiger partial charge in [-0.15, -0.1) is 0 Å². The average molecular weight is 214 g/mol. The van der Waals surface area contributed by atoms with Gasteiger partial charge in [0.1, 0.15) is 5.75 Å². The number of phenolic OH excluding ortho intramolecular Hbond substituents is 1. The summed E-state index contributed by atoms with van der Waals surface area (Å²) in [5, 5.41) is 12.9. The van der Waals surface area contributed by atoms with Crippen LogP contribution in [0.3, 0.4) is 0 Å². The number of hydrogen-bond donors (Lipinski definition) is 2. The van der Waals surface area contributed by atoms with Crippen molar-refractivity contribution < 1.29 is 9.90 Å². The van der Waals surface area contributed by atoms with Crippen molar-refractivity contribution in [2.75, 3.05) is 0 Å². The van der Waals surface area contributed by atoms with Crippen molar-refractivity contribution in [3.05, 3.63) is 42.2 Å². The fourth-order valence-electron chi connectivity index (χ4n) is 1.51. The van der Waals surface area contributed by atoms with E-state index in [0.717, 1.165) is 10.9 Å². The third-order valence-corrected chi connectivity index (χ3v) is 2.22. The minimum atomic E-state index is 0.157. The Balaban J connectivity index is 2.56. The molecule has 1 aromatic carbocycles. The van der Waals surface area contributed by atoms with Gasteiger partial charge in [-0.2, -0.15) is 0 Å². The molecule has 0 aliphatic rings. The van der Waals surface area contributed by atoms with Crippen molar-refractivity contribution in [1.29, 1.82) is 0 Å². The van der Waals surface area contributed by atoms with Gasteiger partial charge in [-0.3, -0.25) is 9.78 Å². The second kappa shape index (κ2) is 4.44. The minimum absolute atomic E-state index is 0.157. The predicted octanol–water partition coefficient (Wildman–Crippen LogP) is 1.66. The standard InChI is InChI=1S/C12H10N2O2/c15-8-13-7-5-10-9-2-1-6-14-11(9)3-4-12(10)16/h1-8,16H,(H,13,15). The maximum atomic E-state index is 10.1. The highest BCUT2D eigenvalue weighted by atomic mass is 16.3. The summed E-state index contributed by atoms with van der Waals surface area (Å²) in [7, 11) is 0. The van der Waals surface area contributed by atoms with Crippen LogP contribution in [-0.4, -0.2) is 16.5 Å². The van der Waals surface area contributed by atoms with Gasteiger partial charge in [0.2, 0.25) is 6.41 Å². The Bertz CT molecular complexity index is 550. The number of nitrogens with one attached hydrogen (secondary N) is 1. The van der Waals surface area contributed by atoms with Crippen molar-refractivity contribution in [1.82, 2.24) is 10.3 Å². The molecule has 0 saturated heterocycles. The Labute approximate surface area is 92.2 Å². The van der Waals surface area contributed by atoms with Crippen LogP contribution in [-0.2, 0) is 4.79 Å². The lowest BCUT2D eigenvalue weighted by molar-refractivity contribution is -0.108. The first-order chi connectivity index (χ1) is 7.83. The quantitative estimate of drug-likeness (QED) is 0.764. The van der Waals surface area contributed by atoms with Gasteiger partial charge < -0.3 is 10.4 Å². The van der Waals surface area contributed by atoms with Crippen LogP contribution in [0.2, 0.25) is 0 Å². The monoisotopic (exact) mass is 214 g/mol. The van der Waals surface area contributed by atoms with Crippen molar-refractivity contribution in [2.24, 2.45) is 0 Å².